The lowest BCUT2D eigenvalue weighted by Crippen LogP contribution is -2.17. The van der Waals surface area contributed by atoms with E-state index in [4.69, 9.17) is 11.6 Å². The number of hydrogen-bond donors (Lipinski definition) is 1. The first-order chi connectivity index (χ1) is 5.41. The first-order valence-corrected chi connectivity index (χ1v) is 4.91. The molecular weight excluding hydrogens is 288 g/mol. The van der Waals surface area contributed by atoms with Gasteiger partial charge in [-0.3, -0.25) is 4.98 Å². The van der Waals surface area contributed by atoms with E-state index >= 15 is 0 Å². The Bertz CT molecular complexity index is 296. The Balaban J connectivity index is 3.14. The number of hydrogen-bond acceptors (Lipinski definition) is 2. The molecule has 1 aromatic rings. The molecule has 66 valence electrons. The van der Waals surface area contributed by atoms with Crippen molar-refractivity contribution in [1.82, 2.24) is 4.98 Å². The number of aliphatic hydroxyl groups is 1. The standard InChI is InChI=1S/C8H9ClINO/c1-8(2,12)7-3-6(10)5(9)4-11-7/h3-4,12H,1-2H3. The third kappa shape index (κ3) is 2.31. The van der Waals surface area contributed by atoms with E-state index in [9.17, 15) is 5.11 Å². The summed E-state index contributed by atoms with van der Waals surface area (Å²) in [5.74, 6) is 0. The Morgan fingerprint density at radius 1 is 1.58 bits per heavy atom. The predicted molar refractivity (Wildman–Crippen MR) is 57.2 cm³/mol. The fraction of sp³-hybridized carbons (Fsp3) is 0.375. The van der Waals surface area contributed by atoms with Gasteiger partial charge in [-0.2, -0.15) is 0 Å². The van der Waals surface area contributed by atoms with Gasteiger partial charge in [0.1, 0.15) is 5.60 Å². The van der Waals surface area contributed by atoms with Crippen LogP contribution in [-0.4, -0.2) is 10.1 Å². The molecule has 0 amide bonds. The molecule has 0 bridgehead atoms. The quantitative estimate of drug-likeness (QED) is 0.808. The fourth-order valence-electron chi connectivity index (χ4n) is 0.749. The molecular formula is C8H9ClINO. The Kier molecular flexibility index (Phi) is 2.96. The minimum absolute atomic E-state index is 0.614. The van der Waals surface area contributed by atoms with E-state index in [2.05, 4.69) is 27.6 Å². The van der Waals surface area contributed by atoms with Gasteiger partial charge in [-0.1, -0.05) is 11.6 Å². The van der Waals surface area contributed by atoms with Gasteiger partial charge in [0, 0.05) is 9.77 Å². The molecule has 1 N–H and O–H groups in total. The van der Waals surface area contributed by atoms with Gasteiger partial charge < -0.3 is 5.11 Å². The van der Waals surface area contributed by atoms with Crippen LogP contribution in [0.3, 0.4) is 0 Å². The van der Waals surface area contributed by atoms with E-state index in [-0.39, 0.29) is 0 Å². The molecule has 0 radical (unpaired) electrons. The van der Waals surface area contributed by atoms with Crippen LogP contribution in [0.2, 0.25) is 5.02 Å². The van der Waals surface area contributed by atoms with Crippen LogP contribution < -0.4 is 0 Å². The van der Waals surface area contributed by atoms with Crippen LogP contribution in [0.15, 0.2) is 12.3 Å². The van der Waals surface area contributed by atoms with Gasteiger partial charge in [0.05, 0.1) is 10.7 Å². The van der Waals surface area contributed by atoms with Crippen molar-refractivity contribution < 1.29 is 5.11 Å². The first kappa shape index (κ1) is 10.2. The van der Waals surface area contributed by atoms with Crippen molar-refractivity contribution in [2.75, 3.05) is 0 Å². The van der Waals surface area contributed by atoms with Gasteiger partial charge in [-0.25, -0.2) is 0 Å². The number of aromatic nitrogens is 1. The van der Waals surface area contributed by atoms with Crippen LogP contribution in [0.1, 0.15) is 19.5 Å². The number of nitrogens with zero attached hydrogens (tertiary/aromatic N) is 1. The van der Waals surface area contributed by atoms with Gasteiger partial charge in [0.15, 0.2) is 0 Å². The van der Waals surface area contributed by atoms with Crippen molar-refractivity contribution in [3.05, 3.63) is 26.5 Å². The molecule has 1 heterocycles. The zero-order valence-corrected chi connectivity index (χ0v) is 9.72. The molecule has 1 rings (SSSR count). The minimum Gasteiger partial charge on any atom is -0.384 e. The summed E-state index contributed by atoms with van der Waals surface area (Å²) < 4.78 is 0.904. The van der Waals surface area contributed by atoms with Crippen molar-refractivity contribution in [3.63, 3.8) is 0 Å². The van der Waals surface area contributed by atoms with Crippen molar-refractivity contribution in [1.29, 1.82) is 0 Å². The molecule has 1 aromatic heterocycles. The molecule has 0 spiro atoms. The van der Waals surface area contributed by atoms with E-state index in [0.29, 0.717) is 10.7 Å². The van der Waals surface area contributed by atoms with Gasteiger partial charge in [0.2, 0.25) is 0 Å². The summed E-state index contributed by atoms with van der Waals surface area (Å²) in [6.07, 6.45) is 1.55. The summed E-state index contributed by atoms with van der Waals surface area (Å²) in [6.45, 7) is 3.39. The second-order valence-corrected chi connectivity index (χ2v) is 4.61. The molecule has 0 saturated carbocycles. The second-order valence-electron chi connectivity index (χ2n) is 3.04. The fourth-order valence-corrected chi connectivity index (χ4v) is 1.29. The predicted octanol–water partition coefficient (Wildman–Crippen LogP) is 2.57. The zero-order valence-electron chi connectivity index (χ0n) is 6.81. The van der Waals surface area contributed by atoms with Crippen LogP contribution in [0.25, 0.3) is 0 Å². The second kappa shape index (κ2) is 3.47. The Hall–Kier alpha value is 0.130. The highest BCUT2D eigenvalue weighted by atomic mass is 127. The topological polar surface area (TPSA) is 33.1 Å². The molecule has 0 aliphatic rings. The lowest BCUT2D eigenvalue weighted by Gasteiger charge is -2.16. The molecule has 4 heteroatoms. The molecule has 0 aliphatic carbocycles. The molecule has 0 aliphatic heterocycles. The lowest BCUT2D eigenvalue weighted by atomic mass is 10.1. The van der Waals surface area contributed by atoms with Crippen LogP contribution in [0, 0.1) is 3.57 Å². The largest absolute Gasteiger partial charge is 0.384 e. The molecule has 2 nitrogen and oxygen atoms in total. The summed E-state index contributed by atoms with van der Waals surface area (Å²) in [6, 6.07) is 1.78. The SMILES string of the molecule is CC(C)(O)c1cc(I)c(Cl)cn1. The van der Waals surface area contributed by atoms with Crippen LogP contribution in [0.5, 0.6) is 0 Å². The van der Waals surface area contributed by atoms with Gasteiger partial charge in [0.25, 0.3) is 0 Å². The average molecular weight is 298 g/mol. The Morgan fingerprint density at radius 3 is 2.58 bits per heavy atom. The molecule has 0 aromatic carbocycles. The molecule has 0 unspecified atom stereocenters. The van der Waals surface area contributed by atoms with Gasteiger partial charge >= 0.3 is 0 Å². The maximum absolute atomic E-state index is 9.60. The third-order valence-corrected chi connectivity index (χ3v) is 2.95. The maximum atomic E-state index is 9.60. The molecule has 0 atom stereocenters. The van der Waals surface area contributed by atoms with Crippen LogP contribution >= 0.6 is 34.2 Å². The summed E-state index contributed by atoms with van der Waals surface area (Å²) >= 11 is 7.89. The minimum atomic E-state index is -0.898. The van der Waals surface area contributed by atoms with E-state index in [0.717, 1.165) is 3.57 Å². The first-order valence-electron chi connectivity index (χ1n) is 3.45. The smallest absolute Gasteiger partial charge is 0.101 e. The number of pyridine rings is 1. The number of rotatable bonds is 1. The third-order valence-electron chi connectivity index (χ3n) is 1.44. The highest BCUT2D eigenvalue weighted by molar-refractivity contribution is 14.1. The zero-order chi connectivity index (χ0) is 9.35. The van der Waals surface area contributed by atoms with E-state index in [1.165, 1.54) is 0 Å². The summed E-state index contributed by atoms with van der Waals surface area (Å²) in [7, 11) is 0. The Morgan fingerprint density at radius 2 is 2.17 bits per heavy atom. The average Bonchev–Trinajstić information content (AvgIpc) is 1.92. The van der Waals surface area contributed by atoms with Crippen LogP contribution in [-0.2, 0) is 5.60 Å². The normalized spacial score (nSPS) is 11.8. The molecule has 0 saturated heterocycles. The molecule has 0 fully saturated rings. The summed E-state index contributed by atoms with van der Waals surface area (Å²) in [4.78, 5) is 4.02. The highest BCUT2D eigenvalue weighted by Crippen LogP contribution is 2.23. The number of halogens is 2. The van der Waals surface area contributed by atoms with Crippen molar-refractivity contribution >= 4 is 34.2 Å². The monoisotopic (exact) mass is 297 g/mol. The van der Waals surface area contributed by atoms with E-state index < -0.39 is 5.60 Å². The van der Waals surface area contributed by atoms with Gasteiger partial charge in [-0.15, -0.1) is 0 Å². The summed E-state index contributed by atoms with van der Waals surface area (Å²) in [5.41, 5.74) is -0.263. The van der Waals surface area contributed by atoms with E-state index in [1.807, 2.05) is 0 Å². The van der Waals surface area contributed by atoms with Crippen molar-refractivity contribution in [3.8, 4) is 0 Å². The lowest BCUT2D eigenvalue weighted by molar-refractivity contribution is 0.0738. The highest BCUT2D eigenvalue weighted by Gasteiger charge is 2.18. The van der Waals surface area contributed by atoms with Crippen LogP contribution in [0.4, 0.5) is 0 Å². The Labute approximate surface area is 90.1 Å². The van der Waals surface area contributed by atoms with Gasteiger partial charge in [-0.05, 0) is 42.5 Å². The van der Waals surface area contributed by atoms with Crippen molar-refractivity contribution in [2.45, 2.75) is 19.4 Å². The van der Waals surface area contributed by atoms with E-state index in [1.54, 1.807) is 26.1 Å². The maximum Gasteiger partial charge on any atom is 0.101 e. The van der Waals surface area contributed by atoms with Crippen molar-refractivity contribution in [2.24, 2.45) is 0 Å². The summed E-state index contributed by atoms with van der Waals surface area (Å²) in [5, 5.41) is 10.2. The molecule has 12 heavy (non-hydrogen) atoms.